The fourth-order valence-electron chi connectivity index (χ4n) is 3.87. The quantitative estimate of drug-likeness (QED) is 0.229. The number of ketones is 1. The summed E-state index contributed by atoms with van der Waals surface area (Å²) in [6.07, 6.45) is 0.561. The number of Topliss-reactive ketones (excluding diaryl/α,β-unsaturated/α-hetero) is 1. The van der Waals surface area contributed by atoms with Gasteiger partial charge in [-0.15, -0.1) is 0 Å². The maximum Gasteiger partial charge on any atom is 0.327 e. The first-order valence-corrected chi connectivity index (χ1v) is 12.1. The first kappa shape index (κ1) is 27.3. The molecule has 2 rings (SSSR count). The molecule has 5 nitrogen and oxygen atoms in total. The number of aryl methyl sites for hydroxylation is 3. The highest BCUT2D eigenvalue weighted by atomic mass is 31.1. The molecule has 0 N–H and O–H groups in total. The normalized spacial score (nSPS) is 13.3. The average Bonchev–Trinajstić information content (AvgIpc) is 2.70. The summed E-state index contributed by atoms with van der Waals surface area (Å²) in [5.74, 6) is -0.0226. The fourth-order valence-corrected chi connectivity index (χ4v) is 4.16. The number of hydrogen-bond donors (Lipinski definition) is 0. The Hall–Kier alpha value is -1.91. The molecule has 0 amide bonds. The summed E-state index contributed by atoms with van der Waals surface area (Å²) in [5, 5.41) is 0. The minimum absolute atomic E-state index is 0.0226. The maximum atomic E-state index is 13.6. The second kappa shape index (κ2) is 12.0. The highest BCUT2D eigenvalue weighted by molar-refractivity contribution is 7.17. The van der Waals surface area contributed by atoms with Crippen LogP contribution in [0.1, 0.15) is 79.3 Å². The number of carbonyl (C=O) groups excluding carboxylic acids is 1. The lowest BCUT2D eigenvalue weighted by Crippen LogP contribution is -2.31. The zero-order valence-electron chi connectivity index (χ0n) is 20.9. The van der Waals surface area contributed by atoms with Crippen molar-refractivity contribution >= 4 is 14.5 Å². The number of carbonyl (C=O) groups is 1. The van der Waals surface area contributed by atoms with Gasteiger partial charge in [0.15, 0.2) is 5.78 Å². The van der Waals surface area contributed by atoms with E-state index in [2.05, 4.69) is 0 Å². The second-order valence-electron chi connectivity index (χ2n) is 9.83. The van der Waals surface area contributed by atoms with E-state index in [0.717, 1.165) is 27.8 Å². The molecule has 0 aromatic heterocycles. The molecule has 0 radical (unpaired) electrons. The van der Waals surface area contributed by atoms with Crippen molar-refractivity contribution in [3.63, 3.8) is 0 Å². The van der Waals surface area contributed by atoms with Gasteiger partial charge in [0.25, 0.3) is 0 Å². The molecule has 2 aromatic rings. The second-order valence-corrected chi connectivity index (χ2v) is 10.2. The zero-order valence-corrected chi connectivity index (χ0v) is 21.8. The minimum Gasteiger partial charge on any atom is -0.375 e. The summed E-state index contributed by atoms with van der Waals surface area (Å²) in [5.41, 5.74) is 3.68. The smallest absolute Gasteiger partial charge is 0.327 e. The number of hydrogen-bond acceptors (Lipinski definition) is 5. The Morgan fingerprint density at radius 2 is 1.48 bits per heavy atom. The van der Waals surface area contributed by atoms with Crippen molar-refractivity contribution in [3.05, 3.63) is 70.3 Å². The van der Waals surface area contributed by atoms with E-state index in [9.17, 15) is 9.36 Å². The predicted octanol–water partition coefficient (Wildman–Crippen LogP) is 7.13. The number of benzene rings is 2. The molecule has 0 fully saturated rings. The lowest BCUT2D eigenvalue weighted by atomic mass is 9.91. The van der Waals surface area contributed by atoms with E-state index in [0.29, 0.717) is 26.1 Å². The third-order valence-electron chi connectivity index (χ3n) is 5.73. The van der Waals surface area contributed by atoms with Gasteiger partial charge in [0.1, 0.15) is 6.10 Å². The molecule has 0 bridgehead atoms. The summed E-state index contributed by atoms with van der Waals surface area (Å²) in [7, 11) is -0.328. The van der Waals surface area contributed by atoms with Gasteiger partial charge in [-0.3, -0.25) is 9.32 Å². The number of rotatable bonds is 13. The standard InChI is InChI=1S/C27H37O5P/c1-19-17-20(2)23(21(3)18-19)24(28)25(22-11-9-8-10-12-22)30-15-13-26(4,5)31-16-14-27(6,7)32-33-29/h8-12,17-18,25H,13-16H2,1-7H3. The number of ether oxygens (including phenoxy) is 2. The molecule has 0 saturated heterocycles. The van der Waals surface area contributed by atoms with Crippen LogP contribution in [0.25, 0.3) is 0 Å². The monoisotopic (exact) mass is 472 g/mol. The SMILES string of the molecule is Cc1cc(C)c(C(=O)C(OCCC(C)(C)OCCC(C)(C)OP=O)c2ccccc2)c(C)c1. The zero-order chi connectivity index (χ0) is 24.6. The van der Waals surface area contributed by atoms with Crippen LogP contribution in [0.15, 0.2) is 42.5 Å². The van der Waals surface area contributed by atoms with Gasteiger partial charge in [-0.25, -0.2) is 4.57 Å². The van der Waals surface area contributed by atoms with E-state index in [-0.39, 0.29) is 14.5 Å². The van der Waals surface area contributed by atoms with Crippen molar-refractivity contribution in [2.75, 3.05) is 13.2 Å². The van der Waals surface area contributed by atoms with Gasteiger partial charge in [0.05, 0.1) is 24.4 Å². The molecular formula is C27H37O5P. The van der Waals surface area contributed by atoms with Gasteiger partial charge >= 0.3 is 8.69 Å². The molecule has 0 spiro atoms. The third kappa shape index (κ3) is 8.42. The minimum atomic E-state index is -0.675. The first-order valence-electron chi connectivity index (χ1n) is 11.4. The average molecular weight is 473 g/mol. The van der Waals surface area contributed by atoms with Crippen LogP contribution in [-0.2, 0) is 18.6 Å². The van der Waals surface area contributed by atoms with Gasteiger partial charge in [-0.2, -0.15) is 0 Å². The van der Waals surface area contributed by atoms with E-state index in [1.807, 2.05) is 90.9 Å². The molecule has 33 heavy (non-hydrogen) atoms. The van der Waals surface area contributed by atoms with Gasteiger partial charge < -0.3 is 9.47 Å². The van der Waals surface area contributed by atoms with Gasteiger partial charge in [-0.1, -0.05) is 48.0 Å². The van der Waals surface area contributed by atoms with Crippen molar-refractivity contribution in [3.8, 4) is 0 Å². The van der Waals surface area contributed by atoms with Crippen LogP contribution in [0.3, 0.4) is 0 Å². The molecule has 0 heterocycles. The lowest BCUT2D eigenvalue weighted by Gasteiger charge is -2.29. The van der Waals surface area contributed by atoms with Gasteiger partial charge in [-0.05, 0) is 71.6 Å². The van der Waals surface area contributed by atoms with Crippen LogP contribution < -0.4 is 0 Å². The Morgan fingerprint density at radius 1 is 0.909 bits per heavy atom. The molecule has 2 aromatic carbocycles. The van der Waals surface area contributed by atoms with Crippen molar-refractivity contribution in [1.82, 2.24) is 0 Å². The van der Waals surface area contributed by atoms with Gasteiger partial charge in [0, 0.05) is 12.0 Å². The Labute approximate surface area is 200 Å². The largest absolute Gasteiger partial charge is 0.375 e. The Kier molecular flexibility index (Phi) is 9.93. The molecule has 0 aliphatic carbocycles. The van der Waals surface area contributed by atoms with Crippen molar-refractivity contribution in [2.45, 2.75) is 78.6 Å². The van der Waals surface area contributed by atoms with Crippen molar-refractivity contribution < 1.29 is 23.4 Å². The summed E-state index contributed by atoms with van der Waals surface area (Å²) >= 11 is 0. The fraction of sp³-hybridized carbons (Fsp3) is 0.519. The topological polar surface area (TPSA) is 61.8 Å². The molecule has 0 aliphatic rings. The van der Waals surface area contributed by atoms with Gasteiger partial charge in [0.2, 0.25) is 0 Å². The molecule has 0 saturated carbocycles. The predicted molar refractivity (Wildman–Crippen MR) is 132 cm³/mol. The van der Waals surface area contributed by atoms with Crippen LogP contribution in [0.2, 0.25) is 0 Å². The molecule has 0 aliphatic heterocycles. The molecule has 1 unspecified atom stereocenters. The van der Waals surface area contributed by atoms with Crippen LogP contribution in [-0.4, -0.2) is 30.2 Å². The molecule has 180 valence electrons. The van der Waals surface area contributed by atoms with E-state index in [1.165, 1.54) is 0 Å². The summed E-state index contributed by atoms with van der Waals surface area (Å²) in [4.78, 5) is 13.6. The first-order chi connectivity index (χ1) is 15.5. The van der Waals surface area contributed by atoms with Crippen LogP contribution in [0.4, 0.5) is 0 Å². The lowest BCUT2D eigenvalue weighted by molar-refractivity contribution is -0.0614. The maximum absolute atomic E-state index is 13.6. The van der Waals surface area contributed by atoms with Crippen molar-refractivity contribution in [1.29, 1.82) is 0 Å². The highest BCUT2D eigenvalue weighted by Gasteiger charge is 2.28. The Morgan fingerprint density at radius 3 is 2.06 bits per heavy atom. The van der Waals surface area contributed by atoms with E-state index < -0.39 is 17.3 Å². The Balaban J connectivity index is 2.08. The Bertz CT molecular complexity index is 914. The van der Waals surface area contributed by atoms with Crippen LogP contribution >= 0.6 is 8.69 Å². The summed E-state index contributed by atoms with van der Waals surface area (Å²) < 4.78 is 28.1. The highest BCUT2D eigenvalue weighted by Crippen LogP contribution is 2.28. The molecule has 6 heteroatoms. The van der Waals surface area contributed by atoms with Crippen LogP contribution in [0.5, 0.6) is 0 Å². The summed E-state index contributed by atoms with van der Waals surface area (Å²) in [6, 6.07) is 13.7. The molecular weight excluding hydrogens is 435 g/mol. The van der Waals surface area contributed by atoms with Crippen molar-refractivity contribution in [2.24, 2.45) is 0 Å². The van der Waals surface area contributed by atoms with Crippen LogP contribution in [0, 0.1) is 20.8 Å². The third-order valence-corrected chi connectivity index (χ3v) is 6.30. The summed E-state index contributed by atoms with van der Waals surface area (Å²) in [6.45, 7) is 14.6. The van der Waals surface area contributed by atoms with E-state index in [4.69, 9.17) is 14.0 Å². The molecule has 1 atom stereocenters. The van der Waals surface area contributed by atoms with E-state index >= 15 is 0 Å². The van der Waals surface area contributed by atoms with E-state index in [1.54, 1.807) is 0 Å².